The molecule has 2 fully saturated rings. The second kappa shape index (κ2) is 17.1. The second-order valence-electron chi connectivity index (χ2n) is 20.0. The molecule has 2 saturated heterocycles. The third-order valence-corrected chi connectivity index (χ3v) is 15.5. The molecule has 0 bridgehead atoms. The number of fused-ring (bicyclic) bond motifs is 4. The van der Waals surface area contributed by atoms with E-state index in [2.05, 4.69) is 111 Å². The van der Waals surface area contributed by atoms with E-state index in [1.165, 1.54) is 0 Å². The van der Waals surface area contributed by atoms with Crippen LogP contribution in [0.15, 0.2) is 0 Å². The van der Waals surface area contributed by atoms with E-state index in [1.807, 2.05) is 0 Å². The van der Waals surface area contributed by atoms with Crippen LogP contribution in [-0.2, 0) is 22.3 Å². The molecule has 0 aromatic heterocycles. The predicted molar refractivity (Wildman–Crippen MR) is 253 cm³/mol. The predicted octanol–water partition coefficient (Wildman–Crippen LogP) is 12.3. The molecule has 4 heterocycles. The maximum atomic E-state index is 11.8. The van der Waals surface area contributed by atoms with E-state index < -0.39 is 11.7 Å². The number of ether oxygens (including phenoxy) is 8. The molecule has 0 radical (unpaired) electrons. The van der Waals surface area contributed by atoms with Crippen LogP contribution in [0.3, 0.4) is 0 Å². The fourth-order valence-corrected chi connectivity index (χ4v) is 10.1. The third-order valence-electron chi connectivity index (χ3n) is 15.5. The highest BCUT2D eigenvalue weighted by Gasteiger charge is 2.38. The van der Waals surface area contributed by atoms with Crippen LogP contribution in [0.1, 0.15) is 142 Å². The van der Waals surface area contributed by atoms with Crippen LogP contribution in [-0.4, -0.2) is 61.0 Å². The minimum absolute atomic E-state index is 0.132. The summed E-state index contributed by atoms with van der Waals surface area (Å²) in [5, 5.41) is 11.8. The molecule has 64 heavy (non-hydrogen) atoms. The highest BCUT2D eigenvalue weighted by molar-refractivity contribution is 5.69. The van der Waals surface area contributed by atoms with Gasteiger partial charge in [0.1, 0.15) is 76.5 Å². The molecule has 0 amide bonds. The van der Waals surface area contributed by atoms with Gasteiger partial charge in [0.05, 0.1) is 25.4 Å². The van der Waals surface area contributed by atoms with Crippen LogP contribution >= 0.6 is 0 Å². The minimum atomic E-state index is -0.776. The summed E-state index contributed by atoms with van der Waals surface area (Å²) in [4.78, 5) is 0. The van der Waals surface area contributed by atoms with Gasteiger partial charge in [-0.2, -0.15) is 0 Å². The number of rotatable bonds is 16. The second-order valence-corrected chi connectivity index (χ2v) is 20.0. The van der Waals surface area contributed by atoms with E-state index in [0.29, 0.717) is 32.3 Å². The molecule has 4 aromatic carbocycles. The van der Waals surface area contributed by atoms with E-state index in [9.17, 15) is 5.11 Å². The molecular weight excluding hydrogens is 805 g/mol. The first-order chi connectivity index (χ1) is 30.2. The summed E-state index contributed by atoms with van der Waals surface area (Å²) in [6.45, 7) is 36.4. The van der Waals surface area contributed by atoms with Gasteiger partial charge in [-0.1, -0.05) is 13.8 Å². The summed E-state index contributed by atoms with van der Waals surface area (Å²) in [5.74, 6) is 7.21. The summed E-state index contributed by atoms with van der Waals surface area (Å²) >= 11 is 0. The Labute approximate surface area is 382 Å². The topological polar surface area (TPSA) is 101 Å². The molecule has 346 valence electrons. The van der Waals surface area contributed by atoms with Gasteiger partial charge in [-0.3, -0.25) is 0 Å². The van der Waals surface area contributed by atoms with Crippen LogP contribution in [0.4, 0.5) is 0 Å². The average Bonchev–Trinajstić information content (AvgIpc) is 4.23. The van der Waals surface area contributed by atoms with Crippen molar-refractivity contribution >= 4 is 0 Å². The molecule has 4 aromatic rings. The van der Waals surface area contributed by atoms with Gasteiger partial charge in [-0.15, -0.1) is 0 Å². The Hall–Kier alpha value is -4.44. The van der Waals surface area contributed by atoms with Gasteiger partial charge in [-0.25, -0.2) is 0 Å². The van der Waals surface area contributed by atoms with Crippen LogP contribution < -0.4 is 28.4 Å². The van der Waals surface area contributed by atoms with Crippen molar-refractivity contribution in [3.63, 3.8) is 0 Å². The summed E-state index contributed by atoms with van der Waals surface area (Å²) in [6.07, 6.45) is 3.95. The van der Waals surface area contributed by atoms with Crippen LogP contribution in [0.2, 0.25) is 0 Å². The van der Waals surface area contributed by atoms with E-state index in [-0.39, 0.29) is 24.4 Å². The molecule has 5 atom stereocenters. The Balaban J connectivity index is 1.01. The van der Waals surface area contributed by atoms with Crippen molar-refractivity contribution in [3.05, 3.63) is 89.0 Å². The van der Waals surface area contributed by atoms with E-state index in [4.69, 9.17) is 37.9 Å². The zero-order valence-electron chi connectivity index (χ0n) is 41.5. The quantitative estimate of drug-likeness (QED) is 0.0953. The Morgan fingerprint density at radius 1 is 0.500 bits per heavy atom. The number of epoxide rings is 2. The average molecular weight is 877 g/mol. The highest BCUT2D eigenvalue weighted by Crippen LogP contribution is 2.52. The van der Waals surface area contributed by atoms with Gasteiger partial charge in [0.2, 0.25) is 0 Å². The molecule has 1 N–H and O–H groups in total. The van der Waals surface area contributed by atoms with Gasteiger partial charge >= 0.3 is 0 Å². The van der Waals surface area contributed by atoms with E-state index in [1.54, 1.807) is 0 Å². The zero-order chi connectivity index (χ0) is 46.3. The lowest BCUT2D eigenvalue weighted by molar-refractivity contribution is 0.00329. The van der Waals surface area contributed by atoms with Crippen molar-refractivity contribution in [2.24, 2.45) is 0 Å². The Morgan fingerprint density at radius 3 is 1.25 bits per heavy atom. The normalized spacial score (nSPS) is 19.1. The molecule has 9 heteroatoms. The van der Waals surface area contributed by atoms with Gasteiger partial charge in [0, 0.05) is 47.9 Å². The Bertz CT molecular complexity index is 2530. The standard InChI is InChI=1S/C55H72O9/c1-17-54(15,63-48-29(5)33(9)52-44(37(48)13)20-43-36(12)47(60-26-41-25-58-41)28(4)32(8)51(43)62-52)21-39(56)23-59-46-27(3)31(7)50-42(35(46)11)19-45-38(14)49(30(6)34(10)53(45)61-50)64-55(16,18-2)22-40-24-57-40/h39-41,56H,17-26H2,1-16H3. The third kappa shape index (κ3) is 8.23. The number of hydrogen-bond donors (Lipinski definition) is 1. The number of aliphatic hydroxyl groups excluding tert-OH is 1. The van der Waals surface area contributed by atoms with Gasteiger partial charge < -0.3 is 43.0 Å². The molecule has 9 nitrogen and oxygen atoms in total. The number of benzene rings is 4. The van der Waals surface area contributed by atoms with Gasteiger partial charge in [0.25, 0.3) is 0 Å². The van der Waals surface area contributed by atoms with Crippen molar-refractivity contribution in [2.45, 2.75) is 179 Å². The molecular formula is C55H72O9. The maximum Gasteiger partial charge on any atom is 0.134 e. The molecule has 8 rings (SSSR count). The van der Waals surface area contributed by atoms with Crippen LogP contribution in [0.5, 0.6) is 46.0 Å². The molecule has 5 unspecified atom stereocenters. The van der Waals surface area contributed by atoms with Crippen LogP contribution in [0, 0.1) is 83.1 Å². The summed E-state index contributed by atoms with van der Waals surface area (Å²) in [5.41, 5.74) is 16.5. The first-order valence-electron chi connectivity index (χ1n) is 23.6. The van der Waals surface area contributed by atoms with Crippen LogP contribution in [0.25, 0.3) is 0 Å². The minimum Gasteiger partial charge on any atom is -0.490 e. The zero-order valence-corrected chi connectivity index (χ0v) is 41.5. The summed E-state index contributed by atoms with van der Waals surface area (Å²) in [7, 11) is 0. The highest BCUT2D eigenvalue weighted by atomic mass is 16.6. The van der Waals surface area contributed by atoms with Gasteiger partial charge in [-0.05, 0) is 177 Å². The first-order valence-corrected chi connectivity index (χ1v) is 23.6. The lowest BCUT2D eigenvalue weighted by Gasteiger charge is -2.36. The van der Waals surface area contributed by atoms with E-state index >= 15 is 0 Å². The lowest BCUT2D eigenvalue weighted by Crippen LogP contribution is -2.38. The van der Waals surface area contributed by atoms with Crippen molar-refractivity contribution < 1.29 is 43.0 Å². The molecule has 0 aliphatic carbocycles. The number of hydrogen-bond acceptors (Lipinski definition) is 9. The first kappa shape index (κ1) is 46.1. The monoisotopic (exact) mass is 877 g/mol. The summed E-state index contributed by atoms with van der Waals surface area (Å²) in [6, 6.07) is 0. The Kier molecular flexibility index (Phi) is 12.3. The SMILES string of the molecule is CCC(C)(CC(O)COc1c(C)c(C)c2c(c1C)Cc1c(C)c(OC(C)(CC)CC3CO3)c(C)c(C)c1O2)Oc1c(C)c(C)c2c(c1C)Cc1c(C)c(OCC3CO3)c(C)c(C)c1O2. The Morgan fingerprint density at radius 2 is 0.859 bits per heavy atom. The fourth-order valence-electron chi connectivity index (χ4n) is 10.1. The molecule has 4 aliphatic rings. The van der Waals surface area contributed by atoms with Crippen molar-refractivity contribution in [2.75, 3.05) is 26.4 Å². The largest absolute Gasteiger partial charge is 0.490 e. The van der Waals surface area contributed by atoms with E-state index in [0.717, 1.165) is 161 Å². The molecule has 0 saturated carbocycles. The van der Waals surface area contributed by atoms with Crippen molar-refractivity contribution in [3.8, 4) is 46.0 Å². The number of aliphatic hydroxyl groups is 1. The molecule has 4 aliphatic heterocycles. The maximum absolute atomic E-state index is 11.8. The van der Waals surface area contributed by atoms with Crippen molar-refractivity contribution in [1.29, 1.82) is 0 Å². The van der Waals surface area contributed by atoms with Crippen molar-refractivity contribution in [1.82, 2.24) is 0 Å². The smallest absolute Gasteiger partial charge is 0.134 e. The lowest BCUT2D eigenvalue weighted by atomic mass is 9.86. The molecule has 0 spiro atoms. The van der Waals surface area contributed by atoms with Gasteiger partial charge in [0.15, 0.2) is 0 Å². The fraction of sp³-hybridized carbons (Fsp3) is 0.564. The summed E-state index contributed by atoms with van der Waals surface area (Å²) < 4.78 is 51.7.